The fourth-order valence-electron chi connectivity index (χ4n) is 2.61. The van der Waals surface area contributed by atoms with Crippen LogP contribution in [0.2, 0.25) is 0 Å². The molecule has 142 valence electrons. The molecule has 1 aromatic carbocycles. The minimum absolute atomic E-state index is 0.0203. The fraction of sp³-hybridized carbons (Fsp3) is 0.647. The number of aromatic hydroxyl groups is 1. The average molecular weight is 358 g/mol. The number of phenols is 1. The second-order valence-corrected chi connectivity index (χ2v) is 6.92. The summed E-state index contributed by atoms with van der Waals surface area (Å²) in [7, 11) is 0. The van der Waals surface area contributed by atoms with E-state index in [1.165, 1.54) is 18.2 Å². The van der Waals surface area contributed by atoms with Crippen LogP contribution in [0.4, 0.5) is 0 Å². The zero-order chi connectivity index (χ0) is 18.8. The molecule has 5 atom stereocenters. The lowest BCUT2D eigenvalue weighted by atomic mass is 9.97. The molecule has 0 aromatic heterocycles. The monoisotopic (exact) mass is 358 g/mol. The second-order valence-electron chi connectivity index (χ2n) is 6.92. The molecule has 6 N–H and O–H groups in total. The zero-order valence-corrected chi connectivity index (χ0v) is 14.2. The third-order valence-corrected chi connectivity index (χ3v) is 4.14. The minimum atomic E-state index is -1.53. The first-order valence-corrected chi connectivity index (χ1v) is 8.14. The van der Waals surface area contributed by atoms with E-state index in [1.54, 1.807) is 13.8 Å². The van der Waals surface area contributed by atoms with Crippen molar-refractivity contribution in [2.75, 3.05) is 6.61 Å². The molecule has 0 aliphatic carbocycles. The van der Waals surface area contributed by atoms with Crippen LogP contribution in [0, 0.1) is 0 Å². The highest BCUT2D eigenvalue weighted by molar-refractivity contribution is 5.40. The largest absolute Gasteiger partial charge is 0.508 e. The lowest BCUT2D eigenvalue weighted by Crippen LogP contribution is -2.60. The molecule has 0 unspecified atom stereocenters. The molecular formula is C17H26O8. The standard InChI is InChI=1S/C17H26O8/c1-17(2,23)6-5-9-7-10(19)3-4-11(9)24-16-15(22)14(21)13(20)12(8-18)25-16/h3-4,7,12-16,18-23H,5-6,8H2,1-2H3/t12-,13-,14+,15-,16-/m1/s1. The molecule has 1 saturated heterocycles. The van der Waals surface area contributed by atoms with E-state index in [0.29, 0.717) is 24.2 Å². The Kier molecular flexibility index (Phi) is 6.26. The molecule has 1 aromatic rings. The van der Waals surface area contributed by atoms with Crippen LogP contribution < -0.4 is 4.74 Å². The molecule has 25 heavy (non-hydrogen) atoms. The van der Waals surface area contributed by atoms with Crippen LogP contribution in [-0.4, -0.2) is 73.6 Å². The molecule has 0 bridgehead atoms. The number of ether oxygens (including phenoxy) is 2. The van der Waals surface area contributed by atoms with Gasteiger partial charge in [-0.15, -0.1) is 0 Å². The number of hydrogen-bond acceptors (Lipinski definition) is 8. The van der Waals surface area contributed by atoms with Gasteiger partial charge in [0.1, 0.15) is 35.9 Å². The number of aryl methyl sites for hydroxylation is 1. The van der Waals surface area contributed by atoms with Crippen LogP contribution in [-0.2, 0) is 11.2 Å². The van der Waals surface area contributed by atoms with E-state index in [-0.39, 0.29) is 5.75 Å². The molecule has 8 heteroatoms. The first kappa shape index (κ1) is 19.9. The summed E-state index contributed by atoms with van der Waals surface area (Å²) in [6.45, 7) is 2.77. The molecule has 8 nitrogen and oxygen atoms in total. The Hall–Kier alpha value is -1.42. The normalized spacial score (nSPS) is 30.3. The van der Waals surface area contributed by atoms with E-state index in [2.05, 4.69) is 0 Å². The Balaban J connectivity index is 2.18. The van der Waals surface area contributed by atoms with Gasteiger partial charge in [-0.1, -0.05) is 0 Å². The van der Waals surface area contributed by atoms with Crippen LogP contribution in [0.3, 0.4) is 0 Å². The molecule has 0 saturated carbocycles. The Morgan fingerprint density at radius 1 is 1.12 bits per heavy atom. The van der Waals surface area contributed by atoms with Crippen molar-refractivity contribution in [2.45, 2.75) is 63.0 Å². The summed E-state index contributed by atoms with van der Waals surface area (Å²) < 4.78 is 10.9. The number of aliphatic hydroxyl groups excluding tert-OH is 4. The third kappa shape index (κ3) is 5.04. The summed E-state index contributed by atoms with van der Waals surface area (Å²) in [5, 5.41) is 58.5. The Morgan fingerprint density at radius 2 is 1.80 bits per heavy atom. The number of rotatable bonds is 6. The molecule has 1 aliphatic heterocycles. The van der Waals surface area contributed by atoms with Gasteiger partial charge in [0.15, 0.2) is 0 Å². The van der Waals surface area contributed by atoms with Crippen molar-refractivity contribution in [3.8, 4) is 11.5 Å². The Labute approximate surface area is 145 Å². The van der Waals surface area contributed by atoms with Crippen molar-refractivity contribution in [2.24, 2.45) is 0 Å². The first-order valence-electron chi connectivity index (χ1n) is 8.14. The molecule has 1 aliphatic rings. The van der Waals surface area contributed by atoms with Crippen LogP contribution in [0.15, 0.2) is 18.2 Å². The smallest absolute Gasteiger partial charge is 0.229 e. The lowest BCUT2D eigenvalue weighted by Gasteiger charge is -2.39. The van der Waals surface area contributed by atoms with Crippen LogP contribution >= 0.6 is 0 Å². The molecule has 0 radical (unpaired) electrons. The van der Waals surface area contributed by atoms with E-state index < -0.39 is 42.9 Å². The van der Waals surface area contributed by atoms with Crippen LogP contribution in [0.1, 0.15) is 25.8 Å². The van der Waals surface area contributed by atoms with Gasteiger partial charge in [0, 0.05) is 0 Å². The first-order chi connectivity index (χ1) is 11.6. The molecule has 2 rings (SSSR count). The SMILES string of the molecule is CC(C)(O)CCc1cc(O)ccc1O[C@@H]1O[C@H](CO)[C@@H](O)[C@H](O)[C@H]1O. The summed E-state index contributed by atoms with van der Waals surface area (Å²) in [4.78, 5) is 0. The minimum Gasteiger partial charge on any atom is -0.508 e. The maximum atomic E-state index is 10.1. The number of phenolic OH excluding ortho intramolecular Hbond substituents is 1. The maximum absolute atomic E-state index is 10.1. The number of benzene rings is 1. The van der Waals surface area contributed by atoms with Crippen molar-refractivity contribution >= 4 is 0 Å². The predicted octanol–water partition coefficient (Wildman–Crippen LogP) is -0.726. The lowest BCUT2D eigenvalue weighted by molar-refractivity contribution is -0.277. The van der Waals surface area contributed by atoms with Crippen molar-refractivity contribution in [1.29, 1.82) is 0 Å². The van der Waals surface area contributed by atoms with Crippen molar-refractivity contribution in [1.82, 2.24) is 0 Å². The maximum Gasteiger partial charge on any atom is 0.229 e. The number of aliphatic hydroxyl groups is 5. The van der Waals surface area contributed by atoms with Gasteiger partial charge in [-0.2, -0.15) is 0 Å². The van der Waals surface area contributed by atoms with E-state index in [9.17, 15) is 30.6 Å². The van der Waals surface area contributed by atoms with Crippen LogP contribution in [0.25, 0.3) is 0 Å². The van der Waals surface area contributed by atoms with Gasteiger partial charge in [0.2, 0.25) is 6.29 Å². The molecule has 0 amide bonds. The van der Waals surface area contributed by atoms with Gasteiger partial charge in [-0.3, -0.25) is 0 Å². The summed E-state index contributed by atoms with van der Waals surface area (Å²) in [5.74, 6) is 0.318. The van der Waals surface area contributed by atoms with Gasteiger partial charge >= 0.3 is 0 Å². The Bertz CT molecular complexity index is 568. The van der Waals surface area contributed by atoms with Gasteiger partial charge in [-0.05, 0) is 50.5 Å². The average Bonchev–Trinajstić information content (AvgIpc) is 2.54. The molecular weight excluding hydrogens is 332 g/mol. The van der Waals surface area contributed by atoms with Crippen molar-refractivity contribution in [3.63, 3.8) is 0 Å². The van der Waals surface area contributed by atoms with Crippen molar-refractivity contribution in [3.05, 3.63) is 23.8 Å². The van der Waals surface area contributed by atoms with Gasteiger partial charge in [-0.25, -0.2) is 0 Å². The molecule has 0 spiro atoms. The zero-order valence-electron chi connectivity index (χ0n) is 14.2. The fourth-order valence-corrected chi connectivity index (χ4v) is 2.61. The highest BCUT2D eigenvalue weighted by Crippen LogP contribution is 2.30. The summed E-state index contributed by atoms with van der Waals surface area (Å²) in [6, 6.07) is 4.36. The second kappa shape index (κ2) is 7.86. The number of hydrogen-bond donors (Lipinski definition) is 6. The predicted molar refractivity (Wildman–Crippen MR) is 87.1 cm³/mol. The summed E-state index contributed by atoms with van der Waals surface area (Å²) in [6.07, 6.45) is -6.09. The van der Waals surface area contributed by atoms with E-state index >= 15 is 0 Å². The van der Waals surface area contributed by atoms with Crippen LogP contribution in [0.5, 0.6) is 11.5 Å². The summed E-state index contributed by atoms with van der Waals surface area (Å²) >= 11 is 0. The highest BCUT2D eigenvalue weighted by Gasteiger charge is 2.44. The van der Waals surface area contributed by atoms with Gasteiger partial charge in [0.05, 0.1) is 12.2 Å². The van der Waals surface area contributed by atoms with E-state index in [0.717, 1.165) is 0 Å². The summed E-state index contributed by atoms with van der Waals surface area (Å²) in [5.41, 5.74) is -0.328. The van der Waals surface area contributed by atoms with Gasteiger partial charge < -0.3 is 40.1 Å². The van der Waals surface area contributed by atoms with E-state index in [4.69, 9.17) is 9.47 Å². The third-order valence-electron chi connectivity index (χ3n) is 4.14. The molecule has 1 heterocycles. The van der Waals surface area contributed by atoms with Gasteiger partial charge in [0.25, 0.3) is 0 Å². The molecule has 1 fully saturated rings. The van der Waals surface area contributed by atoms with Crippen molar-refractivity contribution < 1.29 is 40.1 Å². The highest BCUT2D eigenvalue weighted by atomic mass is 16.7. The van der Waals surface area contributed by atoms with E-state index in [1.807, 2.05) is 0 Å². The topological polar surface area (TPSA) is 140 Å². The quantitative estimate of drug-likeness (QED) is 0.391. The Morgan fingerprint density at radius 3 is 2.40 bits per heavy atom.